The van der Waals surface area contributed by atoms with E-state index in [1.165, 1.54) is 20.0 Å². The molecule has 1 aromatic heterocycles. The lowest BCUT2D eigenvalue weighted by Gasteiger charge is -2.08. The fourth-order valence-corrected chi connectivity index (χ4v) is 2.24. The summed E-state index contributed by atoms with van der Waals surface area (Å²) in [5.41, 5.74) is 2.24. The summed E-state index contributed by atoms with van der Waals surface area (Å²) in [4.78, 5) is 27.8. The second-order valence-electron chi connectivity index (χ2n) is 5.59. The zero-order chi connectivity index (χ0) is 18.1. The highest BCUT2D eigenvalue weighted by Gasteiger charge is 2.09. The summed E-state index contributed by atoms with van der Waals surface area (Å²) < 4.78 is 4.64. The van der Waals surface area contributed by atoms with Crippen molar-refractivity contribution in [3.8, 4) is 0 Å². The van der Waals surface area contributed by atoms with Crippen molar-refractivity contribution in [2.75, 3.05) is 24.3 Å². The number of nitrogens with one attached hydrogen (secondary N) is 2. The molecular formula is C19H23N3O3. The van der Waals surface area contributed by atoms with Crippen LogP contribution in [0.4, 0.5) is 11.4 Å². The van der Waals surface area contributed by atoms with E-state index in [9.17, 15) is 9.59 Å². The molecule has 0 unspecified atom stereocenters. The topological polar surface area (TPSA) is 80.3 Å². The van der Waals surface area contributed by atoms with Gasteiger partial charge in [0.1, 0.15) is 5.69 Å². The van der Waals surface area contributed by atoms with Gasteiger partial charge in [0.15, 0.2) is 0 Å². The first kappa shape index (κ1) is 18.4. The number of carbonyl (C=O) groups is 2. The number of anilines is 2. The number of aromatic nitrogens is 1. The molecule has 132 valence electrons. The average molecular weight is 341 g/mol. The highest BCUT2D eigenvalue weighted by Crippen LogP contribution is 2.13. The average Bonchev–Trinajstić information content (AvgIpc) is 2.65. The number of unbranched alkanes of at least 4 members (excludes halogenated alkanes) is 2. The van der Waals surface area contributed by atoms with Crippen molar-refractivity contribution in [1.82, 2.24) is 4.98 Å². The van der Waals surface area contributed by atoms with Crippen molar-refractivity contribution >= 4 is 23.3 Å². The van der Waals surface area contributed by atoms with Crippen molar-refractivity contribution in [1.29, 1.82) is 0 Å². The van der Waals surface area contributed by atoms with Gasteiger partial charge in [0.25, 0.3) is 5.91 Å². The summed E-state index contributed by atoms with van der Waals surface area (Å²) in [6.07, 6.45) is 5.14. The van der Waals surface area contributed by atoms with Gasteiger partial charge in [-0.1, -0.05) is 19.8 Å². The standard InChI is InChI=1S/C19H23N3O3/c1-3-4-5-12-20-16-10-11-17(21-13-16)18(23)22-15-8-6-14(7-9-15)19(24)25-2/h6-11,13,20H,3-5,12H2,1-2H3,(H,22,23). The fraction of sp³-hybridized carbons (Fsp3) is 0.316. The van der Waals surface area contributed by atoms with Gasteiger partial charge in [-0.15, -0.1) is 0 Å². The van der Waals surface area contributed by atoms with Gasteiger partial charge >= 0.3 is 5.97 Å². The van der Waals surface area contributed by atoms with E-state index in [4.69, 9.17) is 0 Å². The Bertz CT molecular complexity index is 697. The molecule has 0 aliphatic rings. The highest BCUT2D eigenvalue weighted by atomic mass is 16.5. The minimum absolute atomic E-state index is 0.302. The molecule has 6 heteroatoms. The molecule has 0 atom stereocenters. The van der Waals surface area contributed by atoms with Crippen LogP contribution in [0.2, 0.25) is 0 Å². The van der Waals surface area contributed by atoms with E-state index in [1.807, 2.05) is 6.07 Å². The predicted octanol–water partition coefficient (Wildman–Crippen LogP) is 3.72. The first-order chi connectivity index (χ1) is 12.1. The Morgan fingerprint density at radius 1 is 1.04 bits per heavy atom. The normalized spacial score (nSPS) is 10.2. The number of hydrogen-bond donors (Lipinski definition) is 2. The van der Waals surface area contributed by atoms with Crippen molar-refractivity contribution < 1.29 is 14.3 Å². The molecule has 0 saturated carbocycles. The van der Waals surface area contributed by atoms with Gasteiger partial charge in [0, 0.05) is 12.2 Å². The van der Waals surface area contributed by atoms with Crippen molar-refractivity contribution in [3.63, 3.8) is 0 Å². The number of methoxy groups -OCH3 is 1. The Morgan fingerprint density at radius 2 is 1.76 bits per heavy atom. The van der Waals surface area contributed by atoms with Crippen LogP contribution in [0.25, 0.3) is 0 Å². The van der Waals surface area contributed by atoms with Crippen LogP contribution in [0.3, 0.4) is 0 Å². The van der Waals surface area contributed by atoms with Crippen LogP contribution in [-0.4, -0.2) is 30.5 Å². The van der Waals surface area contributed by atoms with Gasteiger partial charge in [-0.05, 0) is 42.8 Å². The Hall–Kier alpha value is -2.89. The Labute approximate surface area is 147 Å². The quantitative estimate of drug-likeness (QED) is 0.565. The molecule has 2 aromatic rings. The van der Waals surface area contributed by atoms with Gasteiger partial charge in [-0.3, -0.25) is 4.79 Å². The molecule has 0 radical (unpaired) electrons. The van der Waals surface area contributed by atoms with Gasteiger partial charge in [-0.2, -0.15) is 0 Å². The molecule has 0 spiro atoms. The lowest BCUT2D eigenvalue weighted by molar-refractivity contribution is 0.0600. The van der Waals surface area contributed by atoms with Crippen LogP contribution in [0, 0.1) is 0 Å². The Kier molecular flexibility index (Phi) is 6.95. The lowest BCUT2D eigenvalue weighted by atomic mass is 10.2. The Balaban J connectivity index is 1.91. The predicted molar refractivity (Wildman–Crippen MR) is 98.0 cm³/mol. The molecule has 1 amide bonds. The molecule has 2 N–H and O–H groups in total. The van der Waals surface area contributed by atoms with E-state index in [2.05, 4.69) is 27.3 Å². The van der Waals surface area contributed by atoms with E-state index in [1.54, 1.807) is 36.5 Å². The minimum atomic E-state index is -0.415. The molecule has 6 nitrogen and oxygen atoms in total. The summed E-state index contributed by atoms with van der Waals surface area (Å²) >= 11 is 0. The van der Waals surface area contributed by atoms with Crippen LogP contribution >= 0.6 is 0 Å². The zero-order valence-corrected chi connectivity index (χ0v) is 14.5. The number of carbonyl (C=O) groups excluding carboxylic acids is 2. The molecule has 1 heterocycles. The third-order valence-corrected chi connectivity index (χ3v) is 3.67. The number of esters is 1. The van der Waals surface area contributed by atoms with Crippen molar-refractivity contribution in [3.05, 3.63) is 53.9 Å². The van der Waals surface area contributed by atoms with Gasteiger partial charge in [-0.25, -0.2) is 9.78 Å². The molecule has 0 aliphatic carbocycles. The number of pyridine rings is 1. The highest BCUT2D eigenvalue weighted by molar-refractivity contribution is 6.03. The van der Waals surface area contributed by atoms with Crippen molar-refractivity contribution in [2.45, 2.75) is 26.2 Å². The number of nitrogens with zero attached hydrogens (tertiary/aromatic N) is 1. The first-order valence-corrected chi connectivity index (χ1v) is 8.33. The second-order valence-corrected chi connectivity index (χ2v) is 5.59. The first-order valence-electron chi connectivity index (χ1n) is 8.33. The van der Waals surface area contributed by atoms with Crippen LogP contribution in [0.1, 0.15) is 47.0 Å². The molecule has 0 fully saturated rings. The summed E-state index contributed by atoms with van der Waals surface area (Å²) in [6, 6.07) is 10.0. The van der Waals surface area contributed by atoms with Crippen molar-refractivity contribution in [2.24, 2.45) is 0 Å². The van der Waals surface area contributed by atoms with E-state index in [-0.39, 0.29) is 5.91 Å². The molecule has 25 heavy (non-hydrogen) atoms. The number of amides is 1. The maximum Gasteiger partial charge on any atom is 0.337 e. The zero-order valence-electron chi connectivity index (χ0n) is 14.5. The SMILES string of the molecule is CCCCCNc1ccc(C(=O)Nc2ccc(C(=O)OC)cc2)nc1. The largest absolute Gasteiger partial charge is 0.465 e. The summed E-state index contributed by atoms with van der Waals surface area (Å²) in [5, 5.41) is 6.03. The van der Waals surface area contributed by atoms with Crippen LogP contribution in [-0.2, 0) is 4.74 Å². The Morgan fingerprint density at radius 3 is 2.36 bits per heavy atom. The molecule has 2 rings (SSSR count). The summed E-state index contributed by atoms with van der Waals surface area (Å²) in [6.45, 7) is 3.06. The molecule has 0 aliphatic heterocycles. The molecule has 0 saturated heterocycles. The minimum Gasteiger partial charge on any atom is -0.465 e. The van der Waals surface area contributed by atoms with Gasteiger partial charge < -0.3 is 15.4 Å². The van der Waals surface area contributed by atoms with Gasteiger partial charge in [0.05, 0.1) is 24.6 Å². The third kappa shape index (κ3) is 5.60. The molecule has 0 bridgehead atoms. The molecular weight excluding hydrogens is 318 g/mol. The van der Waals surface area contributed by atoms with Crippen LogP contribution < -0.4 is 10.6 Å². The van der Waals surface area contributed by atoms with E-state index >= 15 is 0 Å². The van der Waals surface area contributed by atoms with E-state index < -0.39 is 5.97 Å². The third-order valence-electron chi connectivity index (χ3n) is 3.67. The number of hydrogen-bond acceptors (Lipinski definition) is 5. The van der Waals surface area contributed by atoms with E-state index in [0.717, 1.165) is 18.7 Å². The maximum atomic E-state index is 12.2. The summed E-state index contributed by atoms with van der Waals surface area (Å²) in [7, 11) is 1.33. The number of benzene rings is 1. The monoisotopic (exact) mass is 341 g/mol. The van der Waals surface area contributed by atoms with Crippen LogP contribution in [0.5, 0.6) is 0 Å². The second kappa shape index (κ2) is 9.42. The summed E-state index contributed by atoms with van der Waals surface area (Å²) in [5.74, 6) is -0.718. The van der Waals surface area contributed by atoms with Crippen LogP contribution in [0.15, 0.2) is 42.6 Å². The van der Waals surface area contributed by atoms with E-state index in [0.29, 0.717) is 16.9 Å². The smallest absolute Gasteiger partial charge is 0.337 e. The number of ether oxygens (including phenoxy) is 1. The maximum absolute atomic E-state index is 12.2. The molecule has 1 aromatic carbocycles. The van der Waals surface area contributed by atoms with Gasteiger partial charge in [0.2, 0.25) is 0 Å². The number of rotatable bonds is 8. The fourth-order valence-electron chi connectivity index (χ4n) is 2.24. The lowest BCUT2D eigenvalue weighted by Crippen LogP contribution is -2.14.